The predicted molar refractivity (Wildman–Crippen MR) is 75.0 cm³/mol. The van der Waals surface area contributed by atoms with Gasteiger partial charge in [-0.25, -0.2) is 0 Å². The summed E-state index contributed by atoms with van der Waals surface area (Å²) in [6.45, 7) is 12.0. The topological polar surface area (TPSA) is 41.1 Å². The molecular formula is C15H20N2O. The van der Waals surface area contributed by atoms with Gasteiger partial charge in [0.15, 0.2) is 5.78 Å². The molecule has 1 rings (SSSR count). The number of Topliss-reactive ketones (excluding diaryl/α,β-unsaturated/α-hetero) is 1. The van der Waals surface area contributed by atoms with Gasteiger partial charge in [-0.2, -0.15) is 0 Å². The highest BCUT2D eigenvalue weighted by Gasteiger charge is 2.20. The van der Waals surface area contributed by atoms with E-state index in [-0.39, 0.29) is 5.78 Å². The van der Waals surface area contributed by atoms with Crippen LogP contribution in [-0.4, -0.2) is 12.3 Å². The van der Waals surface area contributed by atoms with Crippen molar-refractivity contribution in [3.63, 3.8) is 0 Å². The van der Waals surface area contributed by atoms with Crippen LogP contribution in [0.2, 0.25) is 0 Å². The summed E-state index contributed by atoms with van der Waals surface area (Å²) in [4.78, 5) is 12.2. The van der Waals surface area contributed by atoms with Gasteiger partial charge in [0.05, 0.1) is 5.82 Å². The van der Waals surface area contributed by atoms with E-state index >= 15 is 0 Å². The molecule has 0 heterocycles. The third-order valence-corrected chi connectivity index (χ3v) is 2.52. The summed E-state index contributed by atoms with van der Waals surface area (Å²) in [7, 11) is 0. The van der Waals surface area contributed by atoms with Crippen LogP contribution in [0, 0.1) is 0 Å². The fraction of sp³-hybridized carbons (Fsp3) is 0.267. The molecule has 0 radical (unpaired) electrons. The van der Waals surface area contributed by atoms with Gasteiger partial charge >= 0.3 is 0 Å². The smallest absolute Gasteiger partial charge is 0.184 e. The minimum Gasteiger partial charge on any atom is -0.373 e. The van der Waals surface area contributed by atoms with Crippen molar-refractivity contribution in [3.05, 3.63) is 60.4 Å². The summed E-state index contributed by atoms with van der Waals surface area (Å²) < 4.78 is 0. The van der Waals surface area contributed by atoms with Crippen molar-refractivity contribution in [1.29, 1.82) is 0 Å². The Morgan fingerprint density at radius 1 is 1.28 bits per heavy atom. The lowest BCUT2D eigenvalue weighted by Gasteiger charge is -2.21. The lowest BCUT2D eigenvalue weighted by Crippen LogP contribution is -2.33. The van der Waals surface area contributed by atoms with E-state index < -0.39 is 6.04 Å². The normalized spacial score (nSPS) is 11.4. The quantitative estimate of drug-likeness (QED) is 0.724. The van der Waals surface area contributed by atoms with Crippen molar-refractivity contribution >= 4 is 5.78 Å². The van der Waals surface area contributed by atoms with E-state index in [1.807, 2.05) is 37.3 Å². The molecule has 0 aliphatic carbocycles. The fourth-order valence-corrected chi connectivity index (χ4v) is 1.63. The van der Waals surface area contributed by atoms with Crippen molar-refractivity contribution in [2.75, 3.05) is 6.54 Å². The third kappa shape index (κ3) is 3.77. The number of hydrogen-bond acceptors (Lipinski definition) is 3. The van der Waals surface area contributed by atoms with E-state index in [2.05, 4.69) is 23.8 Å². The molecule has 18 heavy (non-hydrogen) atoms. The third-order valence-electron chi connectivity index (χ3n) is 2.52. The van der Waals surface area contributed by atoms with Crippen LogP contribution in [0.3, 0.4) is 0 Å². The van der Waals surface area contributed by atoms with Gasteiger partial charge < -0.3 is 10.6 Å². The van der Waals surface area contributed by atoms with E-state index in [1.165, 1.54) is 0 Å². The SMILES string of the molecule is C=C(NCC)N[C@@H](C(=O)C(=C)C)c1ccccc1. The first-order valence-electron chi connectivity index (χ1n) is 6.00. The maximum absolute atomic E-state index is 12.2. The van der Waals surface area contributed by atoms with Crippen molar-refractivity contribution in [2.24, 2.45) is 0 Å². The Morgan fingerprint density at radius 3 is 2.39 bits per heavy atom. The Hall–Kier alpha value is -2.03. The van der Waals surface area contributed by atoms with Crippen LogP contribution in [0.15, 0.2) is 54.9 Å². The van der Waals surface area contributed by atoms with Crippen molar-refractivity contribution < 1.29 is 4.79 Å². The monoisotopic (exact) mass is 244 g/mol. The van der Waals surface area contributed by atoms with Gasteiger partial charge in [-0.05, 0) is 25.0 Å². The number of rotatable bonds is 7. The molecule has 3 heteroatoms. The molecule has 0 amide bonds. The van der Waals surface area contributed by atoms with Crippen LogP contribution in [0.4, 0.5) is 0 Å². The maximum atomic E-state index is 12.2. The van der Waals surface area contributed by atoms with Crippen LogP contribution >= 0.6 is 0 Å². The van der Waals surface area contributed by atoms with Crippen LogP contribution in [0.1, 0.15) is 25.5 Å². The van der Waals surface area contributed by atoms with E-state index in [0.717, 1.165) is 12.1 Å². The zero-order valence-corrected chi connectivity index (χ0v) is 11.0. The van der Waals surface area contributed by atoms with Crippen LogP contribution in [0.25, 0.3) is 0 Å². The second-order valence-corrected chi connectivity index (χ2v) is 4.14. The summed E-state index contributed by atoms with van der Waals surface area (Å²) in [5.41, 5.74) is 1.44. The van der Waals surface area contributed by atoms with Crippen molar-refractivity contribution in [2.45, 2.75) is 19.9 Å². The molecule has 1 aromatic rings. The lowest BCUT2D eigenvalue weighted by atomic mass is 9.99. The molecule has 0 bridgehead atoms. The van der Waals surface area contributed by atoms with Crippen molar-refractivity contribution in [1.82, 2.24) is 10.6 Å². The Kier molecular flexibility index (Phi) is 5.18. The molecule has 0 spiro atoms. The van der Waals surface area contributed by atoms with E-state index in [9.17, 15) is 4.79 Å². The highest BCUT2D eigenvalue weighted by molar-refractivity contribution is 5.99. The Bertz CT molecular complexity index is 437. The van der Waals surface area contributed by atoms with E-state index in [1.54, 1.807) is 6.92 Å². The molecule has 3 nitrogen and oxygen atoms in total. The number of hydrogen-bond donors (Lipinski definition) is 2. The highest BCUT2D eigenvalue weighted by Crippen LogP contribution is 2.17. The van der Waals surface area contributed by atoms with Crippen molar-refractivity contribution in [3.8, 4) is 0 Å². The van der Waals surface area contributed by atoms with Crippen LogP contribution in [0.5, 0.6) is 0 Å². The number of ketones is 1. The summed E-state index contributed by atoms with van der Waals surface area (Å²) in [5, 5.41) is 6.15. The van der Waals surface area contributed by atoms with Gasteiger partial charge in [0.1, 0.15) is 6.04 Å². The minimum absolute atomic E-state index is 0.0275. The number of benzene rings is 1. The molecule has 0 unspecified atom stereocenters. The number of carbonyl (C=O) groups excluding carboxylic acids is 1. The zero-order chi connectivity index (χ0) is 13.5. The Labute approximate surface area is 109 Å². The molecule has 1 aromatic carbocycles. The number of carbonyl (C=O) groups is 1. The van der Waals surface area contributed by atoms with Crippen LogP contribution in [-0.2, 0) is 4.79 Å². The summed E-state index contributed by atoms with van der Waals surface area (Å²) in [5.74, 6) is 0.612. The first-order valence-corrected chi connectivity index (χ1v) is 6.00. The van der Waals surface area contributed by atoms with E-state index in [4.69, 9.17) is 0 Å². The van der Waals surface area contributed by atoms with E-state index in [0.29, 0.717) is 11.4 Å². The standard InChI is InChI=1S/C15H20N2O/c1-5-16-12(4)17-14(15(18)11(2)3)13-9-7-6-8-10-13/h6-10,14,16-17H,2,4-5H2,1,3H3/t14-/m1/s1. The Balaban J connectivity index is 2.93. The largest absolute Gasteiger partial charge is 0.373 e. The van der Waals surface area contributed by atoms with Gasteiger partial charge in [0, 0.05) is 6.54 Å². The Morgan fingerprint density at radius 2 is 1.89 bits per heavy atom. The fourth-order valence-electron chi connectivity index (χ4n) is 1.63. The highest BCUT2D eigenvalue weighted by atomic mass is 16.1. The molecule has 96 valence electrons. The summed E-state index contributed by atoms with van der Waals surface area (Å²) in [6, 6.07) is 9.13. The van der Waals surface area contributed by atoms with Crippen LogP contribution < -0.4 is 10.6 Å². The zero-order valence-electron chi connectivity index (χ0n) is 11.0. The molecule has 0 aliphatic heterocycles. The lowest BCUT2D eigenvalue weighted by molar-refractivity contribution is -0.117. The average Bonchev–Trinajstić information content (AvgIpc) is 2.36. The average molecular weight is 244 g/mol. The maximum Gasteiger partial charge on any atom is 0.184 e. The van der Waals surface area contributed by atoms with Gasteiger partial charge in [0.25, 0.3) is 0 Å². The second kappa shape index (κ2) is 6.64. The molecule has 0 fully saturated rings. The van der Waals surface area contributed by atoms with Gasteiger partial charge in [-0.15, -0.1) is 0 Å². The van der Waals surface area contributed by atoms with Gasteiger partial charge in [-0.3, -0.25) is 4.79 Å². The molecule has 0 saturated heterocycles. The predicted octanol–water partition coefficient (Wildman–Crippen LogP) is 2.54. The molecular weight excluding hydrogens is 224 g/mol. The molecule has 0 aliphatic rings. The second-order valence-electron chi connectivity index (χ2n) is 4.14. The molecule has 0 saturated carbocycles. The first-order chi connectivity index (χ1) is 8.56. The number of nitrogens with one attached hydrogen (secondary N) is 2. The minimum atomic E-state index is -0.435. The summed E-state index contributed by atoms with van der Waals surface area (Å²) >= 11 is 0. The van der Waals surface area contributed by atoms with Gasteiger partial charge in [0.2, 0.25) is 0 Å². The molecule has 0 aromatic heterocycles. The molecule has 1 atom stereocenters. The van der Waals surface area contributed by atoms with Gasteiger partial charge in [-0.1, -0.05) is 43.5 Å². The molecule has 2 N–H and O–H groups in total. The first kappa shape index (κ1) is 14.0. The summed E-state index contributed by atoms with van der Waals surface area (Å²) in [6.07, 6.45) is 0.